The molecule has 5 nitrogen and oxygen atoms in total. The zero-order valence-corrected chi connectivity index (χ0v) is 16.4. The van der Waals surface area contributed by atoms with Crippen LogP contribution in [0.15, 0.2) is 60.8 Å². The van der Waals surface area contributed by atoms with Crippen molar-refractivity contribution in [2.24, 2.45) is 0 Å². The van der Waals surface area contributed by atoms with Crippen molar-refractivity contribution in [1.29, 1.82) is 0 Å². The lowest BCUT2D eigenvalue weighted by atomic mass is 10.1. The first-order valence-electron chi connectivity index (χ1n) is 9.29. The summed E-state index contributed by atoms with van der Waals surface area (Å²) in [5, 5.41) is 8.86. The normalized spacial score (nSPS) is 11.4. The van der Waals surface area contributed by atoms with E-state index >= 15 is 0 Å². The van der Waals surface area contributed by atoms with E-state index in [0.717, 1.165) is 44.3 Å². The number of nitrogens with zero attached hydrogens (tertiary/aromatic N) is 2. The number of carbonyl (C=O) groups is 1. The van der Waals surface area contributed by atoms with Gasteiger partial charge in [-0.05, 0) is 36.8 Å². The highest BCUT2D eigenvalue weighted by atomic mass is 35.5. The van der Waals surface area contributed by atoms with Crippen molar-refractivity contribution in [3.8, 4) is 11.3 Å². The summed E-state index contributed by atoms with van der Waals surface area (Å²) < 4.78 is 0. The van der Waals surface area contributed by atoms with Gasteiger partial charge >= 0.3 is 0 Å². The molecule has 2 N–H and O–H groups in total. The number of rotatable bonds is 4. The van der Waals surface area contributed by atoms with E-state index in [0.29, 0.717) is 17.1 Å². The maximum atomic E-state index is 12.7. The van der Waals surface area contributed by atoms with Gasteiger partial charge in [-0.3, -0.25) is 14.9 Å². The second kappa shape index (κ2) is 6.87. The number of aromatic amines is 2. The van der Waals surface area contributed by atoms with Gasteiger partial charge in [0.1, 0.15) is 5.69 Å². The summed E-state index contributed by atoms with van der Waals surface area (Å²) >= 11 is 6.38. The fraction of sp³-hybridized carbons (Fsp3) is 0.0870. The van der Waals surface area contributed by atoms with Crippen LogP contribution < -0.4 is 0 Å². The van der Waals surface area contributed by atoms with Gasteiger partial charge in [-0.1, -0.05) is 41.9 Å². The highest BCUT2D eigenvalue weighted by Gasteiger charge is 2.16. The third-order valence-corrected chi connectivity index (χ3v) is 5.35. The first-order valence-corrected chi connectivity index (χ1v) is 9.67. The molecule has 0 aliphatic heterocycles. The van der Waals surface area contributed by atoms with Gasteiger partial charge in [0.2, 0.25) is 0 Å². The Labute approximate surface area is 171 Å². The molecule has 2 aromatic carbocycles. The van der Waals surface area contributed by atoms with Crippen LogP contribution in [0.5, 0.6) is 0 Å². The van der Waals surface area contributed by atoms with Crippen LogP contribution in [-0.4, -0.2) is 25.9 Å². The second-order valence-corrected chi connectivity index (χ2v) is 7.52. The predicted molar refractivity (Wildman–Crippen MR) is 115 cm³/mol. The number of carbonyl (C=O) groups excluding carboxylic acids is 1. The van der Waals surface area contributed by atoms with Crippen molar-refractivity contribution in [1.82, 2.24) is 20.2 Å². The number of halogens is 1. The molecule has 0 spiro atoms. The van der Waals surface area contributed by atoms with E-state index in [1.807, 2.05) is 61.5 Å². The standard InChI is InChI=1S/C23H17ClN4O/c1-13-7-16(18(24)12-25-13)23-17-9-15-10-21(26-19(15)11-20(17)27-28-23)22(29)8-14-5-3-2-4-6-14/h2-7,9-12,27-28H,8H2,1H3. The molecule has 0 aliphatic rings. The molecular formula is C23H17ClN4O. The number of Topliss-reactive ketones (excluding diaryl/α,β-unsaturated/α-hetero) is 1. The van der Waals surface area contributed by atoms with Gasteiger partial charge in [0, 0.05) is 34.6 Å². The molecule has 142 valence electrons. The van der Waals surface area contributed by atoms with Crippen LogP contribution in [-0.2, 0) is 6.42 Å². The molecular weight excluding hydrogens is 384 g/mol. The molecule has 0 amide bonds. The predicted octanol–water partition coefficient (Wildman–Crippen LogP) is 5.49. The third kappa shape index (κ3) is 3.19. The highest BCUT2D eigenvalue weighted by Crippen LogP contribution is 2.34. The first kappa shape index (κ1) is 17.6. The van der Waals surface area contributed by atoms with E-state index in [9.17, 15) is 4.79 Å². The molecule has 0 fully saturated rings. The van der Waals surface area contributed by atoms with E-state index in [4.69, 9.17) is 11.6 Å². The monoisotopic (exact) mass is 400 g/mol. The van der Waals surface area contributed by atoms with Gasteiger partial charge in [0.25, 0.3) is 0 Å². The molecule has 0 bridgehead atoms. The van der Waals surface area contributed by atoms with E-state index in [-0.39, 0.29) is 5.78 Å². The van der Waals surface area contributed by atoms with Gasteiger partial charge in [0.05, 0.1) is 21.7 Å². The Bertz CT molecular complexity index is 1370. The summed E-state index contributed by atoms with van der Waals surface area (Å²) in [7, 11) is 0. The molecule has 0 aliphatic carbocycles. The maximum Gasteiger partial charge on any atom is 0.185 e. The maximum absolute atomic E-state index is 12.7. The molecule has 29 heavy (non-hydrogen) atoms. The van der Waals surface area contributed by atoms with E-state index in [1.165, 1.54) is 0 Å². The molecule has 6 heteroatoms. The van der Waals surface area contributed by atoms with E-state index in [1.54, 1.807) is 6.20 Å². The zero-order chi connectivity index (χ0) is 20.0. The summed E-state index contributed by atoms with van der Waals surface area (Å²) in [4.78, 5) is 21.5. The molecule has 3 heterocycles. The number of benzene rings is 2. The second-order valence-electron chi connectivity index (χ2n) is 7.11. The Balaban J connectivity index is 1.57. The average molecular weight is 401 g/mol. The number of aryl methyl sites for hydroxylation is 1. The number of H-pyrrole nitrogens is 2. The van der Waals surface area contributed by atoms with E-state index < -0.39 is 0 Å². The summed E-state index contributed by atoms with van der Waals surface area (Å²) in [6, 6.07) is 17.5. The Hall–Kier alpha value is -3.44. The molecule has 0 saturated heterocycles. The number of ketones is 1. The summed E-state index contributed by atoms with van der Waals surface area (Å²) in [5.41, 5.74) is 5.80. The van der Waals surface area contributed by atoms with Crippen LogP contribution in [0.4, 0.5) is 0 Å². The van der Waals surface area contributed by atoms with Crippen molar-refractivity contribution < 1.29 is 4.79 Å². The third-order valence-electron chi connectivity index (χ3n) is 5.05. The fourth-order valence-electron chi connectivity index (χ4n) is 3.60. The number of fused-ring (bicyclic) bond motifs is 2. The molecule has 0 radical (unpaired) electrons. The van der Waals surface area contributed by atoms with Crippen LogP contribution in [0.2, 0.25) is 5.02 Å². The molecule has 0 unspecified atom stereocenters. The van der Waals surface area contributed by atoms with Crippen molar-refractivity contribution >= 4 is 39.2 Å². The quantitative estimate of drug-likeness (QED) is 0.391. The number of hydrogen-bond acceptors (Lipinski definition) is 3. The van der Waals surface area contributed by atoms with E-state index in [2.05, 4.69) is 20.2 Å². The van der Waals surface area contributed by atoms with Crippen LogP contribution >= 0.6 is 11.6 Å². The van der Waals surface area contributed by atoms with Crippen LogP contribution in [0, 0.1) is 6.92 Å². The Morgan fingerprint density at radius 2 is 1.90 bits per heavy atom. The molecule has 5 rings (SSSR count). The van der Waals surface area contributed by atoms with Gasteiger partial charge in [-0.25, -0.2) is 4.98 Å². The van der Waals surface area contributed by atoms with Crippen LogP contribution in [0.3, 0.4) is 0 Å². The SMILES string of the molecule is Cc1cc(-c2[nH][nH]c3cc4nc(C(=O)Cc5ccccc5)cc4cc23)c(Cl)cn1. The molecule has 0 atom stereocenters. The Morgan fingerprint density at radius 3 is 2.72 bits per heavy atom. The summed E-state index contributed by atoms with van der Waals surface area (Å²) in [6.07, 6.45) is 1.99. The zero-order valence-electron chi connectivity index (χ0n) is 15.7. The van der Waals surface area contributed by atoms with Gasteiger partial charge in [0.15, 0.2) is 5.78 Å². The lowest BCUT2D eigenvalue weighted by Crippen LogP contribution is -2.03. The van der Waals surface area contributed by atoms with Crippen molar-refractivity contribution in [3.63, 3.8) is 0 Å². The topological polar surface area (TPSA) is 74.4 Å². The summed E-state index contributed by atoms with van der Waals surface area (Å²) in [6.45, 7) is 1.93. The van der Waals surface area contributed by atoms with Gasteiger partial charge < -0.3 is 5.10 Å². The Morgan fingerprint density at radius 1 is 1.07 bits per heavy atom. The minimum absolute atomic E-state index is 0.00986. The van der Waals surface area contributed by atoms with Crippen molar-refractivity contribution in [3.05, 3.63) is 82.8 Å². The fourth-order valence-corrected chi connectivity index (χ4v) is 3.79. The van der Waals surface area contributed by atoms with Crippen LogP contribution in [0.25, 0.3) is 33.1 Å². The number of pyridine rings is 1. The number of hydrogen-bond donors (Lipinski definition) is 2. The lowest BCUT2D eigenvalue weighted by molar-refractivity contribution is 0.0989. The smallest absolute Gasteiger partial charge is 0.185 e. The minimum atomic E-state index is 0.00986. The minimum Gasteiger partial charge on any atom is -0.300 e. The van der Waals surface area contributed by atoms with Gasteiger partial charge in [-0.15, -0.1) is 0 Å². The highest BCUT2D eigenvalue weighted by molar-refractivity contribution is 6.33. The molecule has 5 aromatic rings. The largest absolute Gasteiger partial charge is 0.300 e. The molecule has 0 saturated carbocycles. The van der Waals surface area contributed by atoms with Crippen molar-refractivity contribution in [2.45, 2.75) is 13.3 Å². The van der Waals surface area contributed by atoms with Gasteiger partial charge in [-0.2, -0.15) is 0 Å². The Kier molecular flexibility index (Phi) is 4.18. The summed E-state index contributed by atoms with van der Waals surface area (Å²) in [5.74, 6) is 0.00986. The molecule has 3 aromatic heterocycles. The number of aromatic nitrogens is 4. The lowest BCUT2D eigenvalue weighted by Gasteiger charge is -2.03. The average Bonchev–Trinajstić information content (AvgIpc) is 3.32. The first-order chi connectivity index (χ1) is 14.1. The number of nitrogens with one attached hydrogen (secondary N) is 2. The van der Waals surface area contributed by atoms with Crippen LogP contribution in [0.1, 0.15) is 21.7 Å². The van der Waals surface area contributed by atoms with Crippen molar-refractivity contribution in [2.75, 3.05) is 0 Å².